The molecule has 2 aliphatic rings. The second-order valence-electron chi connectivity index (χ2n) is 8.05. The van der Waals surface area contributed by atoms with Crippen LogP contribution in [-0.2, 0) is 11.3 Å². The van der Waals surface area contributed by atoms with Crippen molar-refractivity contribution in [2.75, 3.05) is 32.8 Å². The maximum Gasteiger partial charge on any atom is 0.191 e. The monoisotopic (exact) mass is 514 g/mol. The van der Waals surface area contributed by atoms with E-state index in [0.717, 1.165) is 18.5 Å². The van der Waals surface area contributed by atoms with E-state index >= 15 is 0 Å². The van der Waals surface area contributed by atoms with Crippen molar-refractivity contribution in [1.29, 1.82) is 0 Å². The molecule has 1 aliphatic carbocycles. The van der Waals surface area contributed by atoms with Gasteiger partial charge in [-0.3, -0.25) is 4.99 Å². The second-order valence-corrected chi connectivity index (χ2v) is 8.05. The first-order valence-electron chi connectivity index (χ1n) is 11.3. The number of piperidine rings is 1. The first-order chi connectivity index (χ1) is 13.8. The fourth-order valence-corrected chi connectivity index (χ4v) is 4.35. The summed E-state index contributed by atoms with van der Waals surface area (Å²) in [5.74, 6) is 0.932. The van der Waals surface area contributed by atoms with Crippen LogP contribution in [0.25, 0.3) is 0 Å². The zero-order valence-electron chi connectivity index (χ0n) is 17.9. The summed E-state index contributed by atoms with van der Waals surface area (Å²) in [6, 6.07) is 11.7. The Balaban J connectivity index is 0.00000300. The molecule has 6 heteroatoms. The molecule has 29 heavy (non-hydrogen) atoms. The second kappa shape index (κ2) is 14.2. The van der Waals surface area contributed by atoms with Crippen LogP contribution < -0.4 is 10.6 Å². The van der Waals surface area contributed by atoms with Crippen LogP contribution in [0.15, 0.2) is 35.3 Å². The summed E-state index contributed by atoms with van der Waals surface area (Å²) in [5, 5.41) is 7.03. The van der Waals surface area contributed by atoms with E-state index in [1.165, 1.54) is 63.6 Å². The van der Waals surface area contributed by atoms with Crippen LogP contribution in [0, 0.1) is 0 Å². The number of nitrogens with one attached hydrogen (secondary N) is 2. The van der Waals surface area contributed by atoms with Crippen molar-refractivity contribution in [3.63, 3.8) is 0 Å². The van der Waals surface area contributed by atoms with Crippen molar-refractivity contribution >= 4 is 29.9 Å². The van der Waals surface area contributed by atoms with Crippen LogP contribution in [0.3, 0.4) is 0 Å². The van der Waals surface area contributed by atoms with E-state index in [2.05, 4.69) is 34.6 Å². The zero-order chi connectivity index (χ0) is 19.4. The third-order valence-corrected chi connectivity index (χ3v) is 5.92. The fourth-order valence-electron chi connectivity index (χ4n) is 4.35. The molecule has 1 saturated carbocycles. The van der Waals surface area contributed by atoms with Gasteiger partial charge in [0.25, 0.3) is 0 Å². The Bertz CT molecular complexity index is 570. The maximum atomic E-state index is 5.75. The van der Waals surface area contributed by atoms with Crippen LogP contribution in [0.5, 0.6) is 0 Å². The Kier molecular flexibility index (Phi) is 12.0. The summed E-state index contributed by atoms with van der Waals surface area (Å²) in [7, 11) is 0. The number of halogens is 1. The Labute approximate surface area is 194 Å². The molecule has 1 aromatic rings. The van der Waals surface area contributed by atoms with Gasteiger partial charge >= 0.3 is 0 Å². The minimum Gasteiger partial charge on any atom is -0.375 e. The number of hydrogen-bond donors (Lipinski definition) is 2. The minimum atomic E-state index is 0. The van der Waals surface area contributed by atoms with Crippen LogP contribution in [0.2, 0.25) is 0 Å². The number of guanidine groups is 1. The summed E-state index contributed by atoms with van der Waals surface area (Å²) in [6.07, 6.45) is 9.53. The van der Waals surface area contributed by atoms with E-state index in [4.69, 9.17) is 9.73 Å². The molecule has 5 nitrogen and oxygen atoms in total. The third kappa shape index (κ3) is 8.80. The first kappa shape index (κ1) is 24.4. The molecule has 0 amide bonds. The molecule has 0 atom stereocenters. The van der Waals surface area contributed by atoms with Gasteiger partial charge in [-0.05, 0) is 38.2 Å². The Morgan fingerprint density at radius 3 is 2.48 bits per heavy atom. The minimum absolute atomic E-state index is 0. The molecule has 0 radical (unpaired) electrons. The van der Waals surface area contributed by atoms with Crippen molar-refractivity contribution in [2.24, 2.45) is 4.99 Å². The number of likely N-dealkylation sites (tertiary alicyclic amines) is 1. The van der Waals surface area contributed by atoms with Gasteiger partial charge in [0, 0.05) is 31.7 Å². The predicted molar refractivity (Wildman–Crippen MR) is 132 cm³/mol. The maximum absolute atomic E-state index is 5.75. The summed E-state index contributed by atoms with van der Waals surface area (Å²) in [4.78, 5) is 7.44. The molecule has 2 fully saturated rings. The van der Waals surface area contributed by atoms with Crippen LogP contribution in [0.1, 0.15) is 57.4 Å². The number of hydrogen-bond acceptors (Lipinski definition) is 3. The molecule has 164 valence electrons. The van der Waals surface area contributed by atoms with E-state index in [9.17, 15) is 0 Å². The highest BCUT2D eigenvalue weighted by Crippen LogP contribution is 2.25. The average molecular weight is 514 g/mol. The smallest absolute Gasteiger partial charge is 0.191 e. The summed E-state index contributed by atoms with van der Waals surface area (Å²) >= 11 is 0. The number of ether oxygens (including phenoxy) is 1. The van der Waals surface area contributed by atoms with Crippen LogP contribution in [0.4, 0.5) is 0 Å². The van der Waals surface area contributed by atoms with Crippen molar-refractivity contribution in [3.8, 4) is 0 Å². The third-order valence-electron chi connectivity index (χ3n) is 5.92. The summed E-state index contributed by atoms with van der Waals surface area (Å²) in [6.45, 7) is 7.44. The lowest BCUT2D eigenvalue weighted by Crippen LogP contribution is -2.51. The molecular weight excluding hydrogens is 475 g/mol. The van der Waals surface area contributed by atoms with Gasteiger partial charge in [0.15, 0.2) is 5.96 Å². The summed E-state index contributed by atoms with van der Waals surface area (Å²) < 4.78 is 5.75. The van der Waals surface area contributed by atoms with Gasteiger partial charge in [0.2, 0.25) is 0 Å². The van der Waals surface area contributed by atoms with Crippen LogP contribution >= 0.6 is 24.0 Å². The number of aliphatic imine (C=N–C) groups is 1. The average Bonchev–Trinajstić information content (AvgIpc) is 2.75. The number of nitrogens with zero attached hydrogens (tertiary/aromatic N) is 2. The highest BCUT2D eigenvalue weighted by molar-refractivity contribution is 14.0. The Morgan fingerprint density at radius 1 is 1.07 bits per heavy atom. The van der Waals surface area contributed by atoms with Crippen molar-refractivity contribution < 1.29 is 4.74 Å². The molecule has 0 bridgehead atoms. The quantitative estimate of drug-likeness (QED) is 0.237. The van der Waals surface area contributed by atoms with Gasteiger partial charge in [-0.15, -0.1) is 24.0 Å². The molecular formula is C23H39IN4O. The lowest BCUT2D eigenvalue weighted by atomic mass is 9.92. The van der Waals surface area contributed by atoms with Gasteiger partial charge in [0.05, 0.1) is 19.8 Å². The van der Waals surface area contributed by atoms with Crippen molar-refractivity contribution in [3.05, 3.63) is 35.9 Å². The molecule has 1 heterocycles. The molecule has 3 rings (SSSR count). The van der Waals surface area contributed by atoms with Gasteiger partial charge in [0.1, 0.15) is 0 Å². The topological polar surface area (TPSA) is 48.9 Å². The largest absolute Gasteiger partial charge is 0.375 e. The molecule has 2 N–H and O–H groups in total. The Morgan fingerprint density at radius 2 is 1.79 bits per heavy atom. The number of rotatable bonds is 8. The zero-order valence-corrected chi connectivity index (χ0v) is 20.3. The van der Waals surface area contributed by atoms with Gasteiger partial charge in [-0.1, -0.05) is 49.6 Å². The molecule has 1 aromatic carbocycles. The number of benzene rings is 1. The van der Waals surface area contributed by atoms with Crippen molar-refractivity contribution in [1.82, 2.24) is 15.5 Å². The SMILES string of the molecule is CCNC(=NCCOCc1ccccc1)NC1CCN(C2CCCCC2)CC1.I. The first-order valence-corrected chi connectivity index (χ1v) is 11.3. The van der Waals surface area contributed by atoms with Gasteiger partial charge < -0.3 is 20.3 Å². The van der Waals surface area contributed by atoms with Gasteiger partial charge in [-0.25, -0.2) is 0 Å². The molecule has 0 unspecified atom stereocenters. The summed E-state index contributed by atoms with van der Waals surface area (Å²) in [5.41, 5.74) is 1.21. The molecule has 0 aromatic heterocycles. The lowest BCUT2D eigenvalue weighted by Gasteiger charge is -2.39. The highest BCUT2D eigenvalue weighted by Gasteiger charge is 2.26. The lowest BCUT2D eigenvalue weighted by molar-refractivity contribution is 0.119. The normalized spacial score (nSPS) is 19.6. The van der Waals surface area contributed by atoms with E-state index in [0.29, 0.717) is 25.8 Å². The molecule has 1 saturated heterocycles. The van der Waals surface area contributed by atoms with E-state index in [1.54, 1.807) is 0 Å². The standard InChI is InChI=1S/C23H38N4O.HI/c1-2-24-23(25-15-18-28-19-20-9-5-3-6-10-20)26-21-13-16-27(17-14-21)22-11-7-4-8-12-22;/h3,5-6,9-10,21-22H,2,4,7-8,11-19H2,1H3,(H2,24,25,26);1H. The van der Waals surface area contributed by atoms with Crippen LogP contribution in [-0.4, -0.2) is 55.7 Å². The Hall–Kier alpha value is -0.860. The fraction of sp³-hybridized carbons (Fsp3) is 0.696. The van der Waals surface area contributed by atoms with E-state index in [-0.39, 0.29) is 24.0 Å². The molecule has 1 aliphatic heterocycles. The van der Waals surface area contributed by atoms with Crippen molar-refractivity contribution in [2.45, 2.75) is 70.6 Å². The molecule has 0 spiro atoms. The van der Waals surface area contributed by atoms with E-state index < -0.39 is 0 Å². The van der Waals surface area contributed by atoms with Gasteiger partial charge in [-0.2, -0.15) is 0 Å². The predicted octanol–water partition coefficient (Wildman–Crippen LogP) is 4.17. The van der Waals surface area contributed by atoms with E-state index in [1.807, 2.05) is 18.2 Å². The highest BCUT2D eigenvalue weighted by atomic mass is 127.